The number of halogens is 1. The maximum Gasteiger partial charge on any atom is 0.244 e. The van der Waals surface area contributed by atoms with E-state index in [9.17, 15) is 8.42 Å². The molecule has 0 saturated carbocycles. The second-order valence-corrected chi connectivity index (χ2v) is 10.0. The average Bonchev–Trinajstić information content (AvgIpc) is 2.61. The summed E-state index contributed by atoms with van der Waals surface area (Å²) in [5.41, 5.74) is 0. The first kappa shape index (κ1) is 16.5. The highest BCUT2D eigenvalue weighted by Crippen LogP contribution is 2.33. The Kier molecular flexibility index (Phi) is 5.68. The van der Waals surface area contributed by atoms with Gasteiger partial charge in [0, 0.05) is 18.0 Å². The molecule has 1 aromatic rings. The van der Waals surface area contributed by atoms with E-state index < -0.39 is 10.0 Å². The molecule has 1 aromatic heterocycles. The van der Waals surface area contributed by atoms with E-state index in [-0.39, 0.29) is 0 Å². The molecule has 6 heteroatoms. The summed E-state index contributed by atoms with van der Waals surface area (Å²) in [6.07, 6.45) is 5.54. The van der Waals surface area contributed by atoms with Crippen LogP contribution in [0.1, 0.15) is 43.9 Å². The molecule has 114 valence electrons. The number of nitrogens with zero attached hydrogens (tertiary/aromatic N) is 1. The van der Waals surface area contributed by atoms with Crippen LogP contribution in [0.4, 0.5) is 0 Å². The first-order chi connectivity index (χ1) is 9.45. The van der Waals surface area contributed by atoms with Crippen LogP contribution in [0.15, 0.2) is 14.7 Å². The fourth-order valence-electron chi connectivity index (χ4n) is 2.90. The number of thiophene rings is 1. The van der Waals surface area contributed by atoms with E-state index in [1.54, 1.807) is 10.4 Å². The van der Waals surface area contributed by atoms with E-state index in [1.807, 2.05) is 6.92 Å². The highest BCUT2D eigenvalue weighted by molar-refractivity contribution is 9.11. The fourth-order valence-corrected chi connectivity index (χ4v) is 6.78. The summed E-state index contributed by atoms with van der Waals surface area (Å²) in [5.74, 6) is 0.690. The van der Waals surface area contributed by atoms with Crippen LogP contribution in [0.5, 0.6) is 0 Å². The van der Waals surface area contributed by atoms with Gasteiger partial charge in [0.1, 0.15) is 0 Å². The van der Waals surface area contributed by atoms with Gasteiger partial charge >= 0.3 is 0 Å². The third kappa shape index (κ3) is 3.64. The summed E-state index contributed by atoms with van der Waals surface area (Å²) >= 11 is 4.87. The Morgan fingerprint density at radius 3 is 2.75 bits per heavy atom. The third-order valence-corrected chi connectivity index (χ3v) is 7.67. The molecule has 0 amide bonds. The lowest BCUT2D eigenvalue weighted by Crippen LogP contribution is -2.32. The van der Waals surface area contributed by atoms with Crippen LogP contribution in [0.3, 0.4) is 0 Å². The minimum Gasteiger partial charge on any atom is -0.207 e. The zero-order valence-corrected chi connectivity index (χ0v) is 15.3. The van der Waals surface area contributed by atoms with Gasteiger partial charge in [-0.1, -0.05) is 19.8 Å². The first-order valence-corrected chi connectivity index (χ1v) is 10.3. The molecular weight excluding hydrogens is 358 g/mol. The van der Waals surface area contributed by atoms with E-state index in [0.717, 1.165) is 27.9 Å². The summed E-state index contributed by atoms with van der Waals surface area (Å²) < 4.78 is 28.1. The molecule has 1 atom stereocenters. The molecule has 0 N–H and O–H groups in total. The number of sulfonamides is 1. The SMILES string of the molecule is CCCC1CCCN(S(=O)(=O)c2cc(Br)sc2C)CC1. The van der Waals surface area contributed by atoms with Crippen LogP contribution in [-0.4, -0.2) is 25.8 Å². The van der Waals surface area contributed by atoms with Gasteiger partial charge in [0.05, 0.1) is 8.68 Å². The predicted octanol–water partition coefficient (Wildman–Crippen LogP) is 4.41. The number of hydrogen-bond donors (Lipinski definition) is 0. The quantitative estimate of drug-likeness (QED) is 0.776. The van der Waals surface area contributed by atoms with Crippen molar-refractivity contribution in [1.82, 2.24) is 4.31 Å². The zero-order chi connectivity index (χ0) is 14.8. The van der Waals surface area contributed by atoms with Crippen LogP contribution in [0, 0.1) is 12.8 Å². The molecule has 1 aliphatic rings. The monoisotopic (exact) mass is 379 g/mol. The lowest BCUT2D eigenvalue weighted by Gasteiger charge is -2.20. The van der Waals surface area contributed by atoms with Gasteiger partial charge in [-0.15, -0.1) is 11.3 Å². The first-order valence-electron chi connectivity index (χ1n) is 7.21. The molecule has 1 fully saturated rings. The van der Waals surface area contributed by atoms with Gasteiger partial charge < -0.3 is 0 Å². The molecule has 0 aromatic carbocycles. The smallest absolute Gasteiger partial charge is 0.207 e. The number of hydrogen-bond acceptors (Lipinski definition) is 3. The van der Waals surface area contributed by atoms with Crippen molar-refractivity contribution in [3.05, 3.63) is 14.7 Å². The molecule has 0 spiro atoms. The number of rotatable bonds is 4. The third-order valence-electron chi connectivity index (χ3n) is 3.96. The molecular formula is C14H22BrNO2S2. The Bertz CT molecular complexity index is 554. The van der Waals surface area contributed by atoms with E-state index in [2.05, 4.69) is 22.9 Å². The van der Waals surface area contributed by atoms with Gasteiger partial charge in [0.25, 0.3) is 0 Å². The summed E-state index contributed by atoms with van der Waals surface area (Å²) in [7, 11) is -3.32. The van der Waals surface area contributed by atoms with Crippen molar-refractivity contribution in [3.63, 3.8) is 0 Å². The van der Waals surface area contributed by atoms with E-state index in [0.29, 0.717) is 23.9 Å². The molecule has 0 aliphatic carbocycles. The summed E-state index contributed by atoms with van der Waals surface area (Å²) in [5, 5.41) is 0. The van der Waals surface area contributed by atoms with Gasteiger partial charge in [0.15, 0.2) is 0 Å². The maximum absolute atomic E-state index is 12.8. The topological polar surface area (TPSA) is 37.4 Å². The fraction of sp³-hybridized carbons (Fsp3) is 0.714. The van der Waals surface area contributed by atoms with Crippen LogP contribution in [-0.2, 0) is 10.0 Å². The van der Waals surface area contributed by atoms with Crippen LogP contribution in [0.25, 0.3) is 0 Å². The largest absolute Gasteiger partial charge is 0.244 e. The maximum atomic E-state index is 12.8. The van der Waals surface area contributed by atoms with Gasteiger partial charge in [-0.05, 0) is 54.1 Å². The second-order valence-electron chi connectivity index (χ2n) is 5.46. The van der Waals surface area contributed by atoms with Gasteiger partial charge in [-0.25, -0.2) is 8.42 Å². The summed E-state index contributed by atoms with van der Waals surface area (Å²) in [6, 6.07) is 1.74. The molecule has 2 rings (SSSR count). The lowest BCUT2D eigenvalue weighted by molar-refractivity contribution is 0.400. The van der Waals surface area contributed by atoms with Gasteiger partial charge in [-0.2, -0.15) is 4.31 Å². The molecule has 20 heavy (non-hydrogen) atoms. The van der Waals surface area contributed by atoms with Crippen molar-refractivity contribution in [2.24, 2.45) is 5.92 Å². The standard InChI is InChI=1S/C14H22BrNO2S2/c1-3-5-12-6-4-8-16(9-7-12)20(17,18)13-10-14(15)19-11(13)2/h10,12H,3-9H2,1-2H3. The minimum absolute atomic E-state index is 0.475. The zero-order valence-electron chi connectivity index (χ0n) is 12.1. The molecule has 1 saturated heterocycles. The van der Waals surface area contributed by atoms with Crippen molar-refractivity contribution >= 4 is 37.3 Å². The van der Waals surface area contributed by atoms with Crippen molar-refractivity contribution < 1.29 is 8.42 Å². The molecule has 0 radical (unpaired) electrons. The van der Waals surface area contributed by atoms with Crippen LogP contribution < -0.4 is 0 Å². The Balaban J connectivity index is 2.16. The van der Waals surface area contributed by atoms with E-state index in [1.165, 1.54) is 24.2 Å². The Labute approximate surface area is 134 Å². The minimum atomic E-state index is -3.32. The van der Waals surface area contributed by atoms with Crippen LogP contribution >= 0.6 is 27.3 Å². The molecule has 1 unspecified atom stereocenters. The molecule has 1 aliphatic heterocycles. The van der Waals surface area contributed by atoms with Crippen LogP contribution in [0.2, 0.25) is 0 Å². The summed E-state index contributed by atoms with van der Waals surface area (Å²) in [6.45, 7) is 5.40. The molecule has 2 heterocycles. The summed E-state index contributed by atoms with van der Waals surface area (Å²) in [4.78, 5) is 1.34. The Morgan fingerprint density at radius 1 is 1.40 bits per heavy atom. The molecule has 0 bridgehead atoms. The lowest BCUT2D eigenvalue weighted by atomic mass is 9.96. The van der Waals surface area contributed by atoms with E-state index >= 15 is 0 Å². The Morgan fingerprint density at radius 2 is 2.15 bits per heavy atom. The predicted molar refractivity (Wildman–Crippen MR) is 87.8 cm³/mol. The second kappa shape index (κ2) is 6.90. The van der Waals surface area contributed by atoms with E-state index in [4.69, 9.17) is 0 Å². The van der Waals surface area contributed by atoms with Gasteiger partial charge in [0.2, 0.25) is 10.0 Å². The average molecular weight is 380 g/mol. The van der Waals surface area contributed by atoms with Crippen molar-refractivity contribution in [2.75, 3.05) is 13.1 Å². The normalized spacial score (nSPS) is 21.9. The van der Waals surface area contributed by atoms with Gasteiger partial charge in [-0.3, -0.25) is 0 Å². The highest BCUT2D eigenvalue weighted by atomic mass is 79.9. The molecule has 3 nitrogen and oxygen atoms in total. The van der Waals surface area contributed by atoms with Crippen molar-refractivity contribution in [1.29, 1.82) is 0 Å². The Hall–Kier alpha value is 0.0900. The van der Waals surface area contributed by atoms with Crippen molar-refractivity contribution in [2.45, 2.75) is 50.8 Å². The highest BCUT2D eigenvalue weighted by Gasteiger charge is 2.29. The van der Waals surface area contributed by atoms with Crippen molar-refractivity contribution in [3.8, 4) is 0 Å². The number of aryl methyl sites for hydroxylation is 1.